The second kappa shape index (κ2) is 8.08. The minimum atomic E-state index is -1.85. The van der Waals surface area contributed by atoms with E-state index >= 15 is 0 Å². The van der Waals surface area contributed by atoms with Crippen molar-refractivity contribution in [2.45, 2.75) is 110 Å². The van der Waals surface area contributed by atoms with Crippen LogP contribution >= 0.6 is 0 Å². The lowest BCUT2D eigenvalue weighted by Gasteiger charge is -2.42. The normalized spacial score (nSPS) is 18.0. The Morgan fingerprint density at radius 2 is 1.21 bits per heavy atom. The van der Waals surface area contributed by atoms with Crippen LogP contribution in [0.15, 0.2) is 0 Å². The molecule has 0 aromatic carbocycles. The largest absolute Gasteiger partial charge is 0.414 e. The average Bonchev–Trinajstić information content (AvgIpc) is 2.33. The maximum atomic E-state index is 6.66. The molecule has 0 aliphatic rings. The van der Waals surface area contributed by atoms with Crippen molar-refractivity contribution in [3.05, 3.63) is 0 Å². The Bertz CT molecular complexity index is 436. The first-order chi connectivity index (χ1) is 10.4. The molecule has 3 atom stereocenters. The third-order valence-corrected chi connectivity index (χ3v) is 15.0. The van der Waals surface area contributed by atoms with Crippen molar-refractivity contribution in [2.24, 2.45) is 5.92 Å². The summed E-state index contributed by atoms with van der Waals surface area (Å²) in [6, 6.07) is 0. The van der Waals surface area contributed by atoms with Gasteiger partial charge in [-0.25, -0.2) is 0 Å². The minimum absolute atomic E-state index is 0.0654. The van der Waals surface area contributed by atoms with Crippen LogP contribution in [-0.4, -0.2) is 28.8 Å². The van der Waals surface area contributed by atoms with Gasteiger partial charge in [-0.2, -0.15) is 0 Å². The van der Waals surface area contributed by atoms with Crippen molar-refractivity contribution in [3.8, 4) is 12.3 Å². The lowest BCUT2D eigenvalue weighted by molar-refractivity contribution is 0.0825. The van der Waals surface area contributed by atoms with E-state index < -0.39 is 16.6 Å². The van der Waals surface area contributed by atoms with E-state index in [4.69, 9.17) is 15.3 Å². The molecule has 0 aliphatic heterocycles. The summed E-state index contributed by atoms with van der Waals surface area (Å²) in [6.07, 6.45) is 6.82. The van der Waals surface area contributed by atoms with Gasteiger partial charge in [0.15, 0.2) is 16.6 Å². The summed E-state index contributed by atoms with van der Waals surface area (Å²) in [7, 11) is -3.62. The van der Waals surface area contributed by atoms with Gasteiger partial charge >= 0.3 is 0 Å². The maximum Gasteiger partial charge on any atom is 0.192 e. The summed E-state index contributed by atoms with van der Waals surface area (Å²) in [6.45, 7) is 27.1. The van der Waals surface area contributed by atoms with Crippen LogP contribution in [0.25, 0.3) is 0 Å². The summed E-state index contributed by atoms with van der Waals surface area (Å²) >= 11 is 0. The molecule has 0 aromatic heterocycles. The topological polar surface area (TPSA) is 18.5 Å². The highest BCUT2D eigenvalue weighted by Crippen LogP contribution is 2.40. The fraction of sp³-hybridized carbons (Fsp3) is 0.900. The molecule has 142 valence electrons. The van der Waals surface area contributed by atoms with Gasteiger partial charge < -0.3 is 8.85 Å². The molecule has 24 heavy (non-hydrogen) atoms. The van der Waals surface area contributed by atoms with Crippen molar-refractivity contribution in [1.82, 2.24) is 0 Å². The molecular weight excluding hydrogens is 328 g/mol. The Kier molecular flexibility index (Phi) is 8.05. The highest BCUT2D eigenvalue weighted by Gasteiger charge is 2.42. The van der Waals surface area contributed by atoms with E-state index in [1.165, 1.54) is 0 Å². The summed E-state index contributed by atoms with van der Waals surface area (Å²) in [4.78, 5) is 0. The predicted octanol–water partition coefficient (Wildman–Crippen LogP) is 6.45. The SMILES string of the molecule is C#C[C@@H](C)[C@@H](C[C@@H](C)O[Si](C)(C)C(C)(C)C)O[Si](C)(C)C(C)(C)C. The van der Waals surface area contributed by atoms with Crippen LogP contribution in [0.3, 0.4) is 0 Å². The van der Waals surface area contributed by atoms with Crippen molar-refractivity contribution in [3.63, 3.8) is 0 Å². The molecule has 0 aromatic rings. The van der Waals surface area contributed by atoms with Gasteiger partial charge in [-0.1, -0.05) is 41.5 Å². The molecule has 0 unspecified atom stereocenters. The monoisotopic (exact) mass is 370 g/mol. The predicted molar refractivity (Wildman–Crippen MR) is 112 cm³/mol. The first-order valence-corrected chi connectivity index (χ1v) is 15.1. The zero-order valence-corrected chi connectivity index (χ0v) is 20.3. The van der Waals surface area contributed by atoms with E-state index in [0.717, 1.165) is 6.42 Å². The number of rotatable bonds is 7. The van der Waals surface area contributed by atoms with Crippen LogP contribution in [0, 0.1) is 18.3 Å². The van der Waals surface area contributed by atoms with Gasteiger partial charge in [0.05, 0.1) is 6.10 Å². The molecule has 2 nitrogen and oxygen atoms in total. The van der Waals surface area contributed by atoms with Gasteiger partial charge in [0.2, 0.25) is 0 Å². The molecule has 0 saturated carbocycles. The second-order valence-corrected chi connectivity index (χ2v) is 19.8. The van der Waals surface area contributed by atoms with E-state index in [2.05, 4.69) is 87.5 Å². The van der Waals surface area contributed by atoms with Crippen molar-refractivity contribution in [1.29, 1.82) is 0 Å². The quantitative estimate of drug-likeness (QED) is 0.379. The van der Waals surface area contributed by atoms with Crippen LogP contribution in [0.5, 0.6) is 0 Å². The lowest BCUT2D eigenvalue weighted by atomic mass is 10.0. The zero-order chi connectivity index (χ0) is 19.6. The third kappa shape index (κ3) is 6.67. The van der Waals surface area contributed by atoms with Crippen molar-refractivity contribution in [2.75, 3.05) is 0 Å². The highest BCUT2D eigenvalue weighted by molar-refractivity contribution is 6.74. The highest BCUT2D eigenvalue weighted by atomic mass is 28.4. The summed E-state index contributed by atoms with van der Waals surface area (Å²) < 4.78 is 13.2. The first-order valence-electron chi connectivity index (χ1n) is 9.26. The van der Waals surface area contributed by atoms with Crippen LogP contribution < -0.4 is 0 Å². The van der Waals surface area contributed by atoms with Crippen LogP contribution in [0.2, 0.25) is 36.3 Å². The zero-order valence-electron chi connectivity index (χ0n) is 18.3. The van der Waals surface area contributed by atoms with Crippen LogP contribution in [0.4, 0.5) is 0 Å². The molecule has 0 N–H and O–H groups in total. The van der Waals surface area contributed by atoms with E-state index in [-0.39, 0.29) is 28.2 Å². The molecule has 0 amide bonds. The number of terminal acetylenes is 1. The van der Waals surface area contributed by atoms with Gasteiger partial charge in [-0.15, -0.1) is 12.3 Å². The van der Waals surface area contributed by atoms with Crippen LogP contribution in [0.1, 0.15) is 61.8 Å². The van der Waals surface area contributed by atoms with E-state index in [9.17, 15) is 0 Å². The number of hydrogen-bond acceptors (Lipinski definition) is 2. The smallest absolute Gasteiger partial charge is 0.192 e. The molecule has 0 saturated heterocycles. The van der Waals surface area contributed by atoms with Gasteiger partial charge in [-0.05, 0) is 56.5 Å². The minimum Gasteiger partial charge on any atom is -0.414 e. The molecule has 0 rings (SSSR count). The Morgan fingerprint density at radius 1 is 0.833 bits per heavy atom. The Morgan fingerprint density at radius 3 is 1.54 bits per heavy atom. The molecule has 0 radical (unpaired) electrons. The molecule has 0 fully saturated rings. The lowest BCUT2D eigenvalue weighted by Crippen LogP contribution is -2.48. The second-order valence-electron chi connectivity index (χ2n) is 10.3. The molecule has 4 heteroatoms. The van der Waals surface area contributed by atoms with Crippen LogP contribution in [-0.2, 0) is 8.85 Å². The van der Waals surface area contributed by atoms with Crippen molar-refractivity contribution >= 4 is 16.6 Å². The van der Waals surface area contributed by atoms with Gasteiger partial charge in [0.1, 0.15) is 0 Å². The fourth-order valence-corrected chi connectivity index (χ4v) is 4.94. The molecule has 0 heterocycles. The number of hydrogen-bond donors (Lipinski definition) is 0. The standard InChI is InChI=1S/C20H42O2Si2/c1-14-16(2)18(22-24(12,13)20(7,8)9)15-17(3)21-23(10,11)19(4,5)6/h1,16-18H,15H2,2-13H3/t16-,17-,18-/m1/s1. The maximum absolute atomic E-state index is 6.66. The Balaban J connectivity index is 5.16. The van der Waals surface area contributed by atoms with E-state index in [0.29, 0.717) is 0 Å². The Hall–Kier alpha value is -0.0862. The average molecular weight is 371 g/mol. The molecular formula is C20H42O2Si2. The summed E-state index contributed by atoms with van der Waals surface area (Å²) in [5.74, 6) is 2.99. The Labute approximate surface area is 154 Å². The van der Waals surface area contributed by atoms with Crippen molar-refractivity contribution < 1.29 is 8.85 Å². The summed E-state index contributed by atoms with van der Waals surface area (Å²) in [5, 5.41) is 0.401. The van der Waals surface area contributed by atoms with Gasteiger partial charge in [-0.3, -0.25) is 0 Å². The molecule has 0 spiro atoms. The molecule has 0 bridgehead atoms. The van der Waals surface area contributed by atoms with Gasteiger partial charge in [0, 0.05) is 12.0 Å². The summed E-state index contributed by atoms with van der Waals surface area (Å²) in [5.41, 5.74) is 0. The van der Waals surface area contributed by atoms with E-state index in [1.807, 2.05) is 0 Å². The molecule has 0 aliphatic carbocycles. The van der Waals surface area contributed by atoms with Gasteiger partial charge in [0.25, 0.3) is 0 Å². The van der Waals surface area contributed by atoms with E-state index in [1.54, 1.807) is 0 Å². The fourth-order valence-electron chi connectivity index (χ4n) is 2.07. The third-order valence-electron chi connectivity index (χ3n) is 5.94. The first kappa shape index (κ1) is 23.9.